The van der Waals surface area contributed by atoms with Gasteiger partial charge in [-0.05, 0) is 44.4 Å². The van der Waals surface area contributed by atoms with E-state index in [1.54, 1.807) is 18.2 Å². The van der Waals surface area contributed by atoms with E-state index >= 15 is 0 Å². The molecule has 0 bridgehead atoms. The monoisotopic (exact) mass is 367 g/mol. The molecule has 0 spiro atoms. The van der Waals surface area contributed by atoms with Crippen molar-refractivity contribution in [2.45, 2.75) is 32.3 Å². The predicted molar refractivity (Wildman–Crippen MR) is 103 cm³/mol. The molecule has 5 heteroatoms. The standard InChI is InChI=1S/C22H25NO4/c1-16(24)18-11-12-19(20(15-18)26-2)27-21(17-9-5-3-6-10-17)22(25)23-13-7-4-8-14-23/h3,5-6,9-12,15,21H,4,7-8,13-14H2,1-2H3/t21-/m0/s1. The number of piperidine rings is 1. The lowest BCUT2D eigenvalue weighted by molar-refractivity contribution is -0.140. The summed E-state index contributed by atoms with van der Waals surface area (Å²) in [6.45, 7) is 3.01. The number of ether oxygens (including phenoxy) is 2. The van der Waals surface area contributed by atoms with Gasteiger partial charge in [0.15, 0.2) is 17.3 Å². The minimum atomic E-state index is -0.749. The number of likely N-dealkylation sites (tertiary alicyclic amines) is 1. The molecule has 1 fully saturated rings. The highest BCUT2D eigenvalue weighted by Gasteiger charge is 2.29. The fourth-order valence-corrected chi connectivity index (χ4v) is 3.28. The second kappa shape index (κ2) is 8.71. The van der Waals surface area contributed by atoms with E-state index in [4.69, 9.17) is 9.47 Å². The summed E-state index contributed by atoms with van der Waals surface area (Å²) >= 11 is 0. The number of benzene rings is 2. The maximum atomic E-state index is 13.2. The van der Waals surface area contributed by atoms with Crippen LogP contribution in [0, 0.1) is 0 Å². The van der Waals surface area contributed by atoms with Gasteiger partial charge in [0.2, 0.25) is 6.10 Å². The van der Waals surface area contributed by atoms with E-state index in [0.29, 0.717) is 17.1 Å². The summed E-state index contributed by atoms with van der Waals surface area (Å²) < 4.78 is 11.5. The van der Waals surface area contributed by atoms with Crippen LogP contribution in [-0.4, -0.2) is 36.8 Å². The number of methoxy groups -OCH3 is 1. The van der Waals surface area contributed by atoms with Crippen molar-refractivity contribution >= 4 is 11.7 Å². The zero-order valence-electron chi connectivity index (χ0n) is 15.8. The van der Waals surface area contributed by atoms with Crippen molar-refractivity contribution in [3.05, 3.63) is 59.7 Å². The van der Waals surface area contributed by atoms with Gasteiger partial charge in [0.05, 0.1) is 7.11 Å². The third-order valence-corrected chi connectivity index (χ3v) is 4.81. The quantitative estimate of drug-likeness (QED) is 0.724. The number of amides is 1. The fourth-order valence-electron chi connectivity index (χ4n) is 3.28. The van der Waals surface area contributed by atoms with Crippen molar-refractivity contribution < 1.29 is 19.1 Å². The molecule has 2 aromatic rings. The molecule has 0 saturated carbocycles. The largest absolute Gasteiger partial charge is 0.493 e. The Morgan fingerprint density at radius 2 is 1.67 bits per heavy atom. The molecule has 27 heavy (non-hydrogen) atoms. The van der Waals surface area contributed by atoms with E-state index in [1.807, 2.05) is 35.2 Å². The number of carbonyl (C=O) groups excluding carboxylic acids is 2. The van der Waals surface area contributed by atoms with E-state index in [0.717, 1.165) is 37.9 Å². The van der Waals surface area contributed by atoms with Crippen LogP contribution >= 0.6 is 0 Å². The van der Waals surface area contributed by atoms with Crippen LogP contribution in [0.2, 0.25) is 0 Å². The number of ketones is 1. The summed E-state index contributed by atoms with van der Waals surface area (Å²) in [7, 11) is 1.52. The first-order valence-corrected chi connectivity index (χ1v) is 9.29. The molecule has 3 rings (SSSR count). The summed E-state index contributed by atoms with van der Waals surface area (Å²) in [6, 6.07) is 14.5. The average Bonchev–Trinajstić information content (AvgIpc) is 2.72. The number of nitrogens with zero attached hydrogens (tertiary/aromatic N) is 1. The Balaban J connectivity index is 1.92. The first-order chi connectivity index (χ1) is 13.1. The van der Waals surface area contributed by atoms with Crippen molar-refractivity contribution in [2.24, 2.45) is 0 Å². The molecular formula is C22H25NO4. The van der Waals surface area contributed by atoms with Crippen molar-refractivity contribution in [1.82, 2.24) is 4.90 Å². The van der Waals surface area contributed by atoms with Crippen LogP contribution in [-0.2, 0) is 4.79 Å². The molecular weight excluding hydrogens is 342 g/mol. The SMILES string of the molecule is COc1cc(C(C)=O)ccc1O[C@H](C(=O)N1CCCCC1)c1ccccc1. The topological polar surface area (TPSA) is 55.8 Å². The maximum Gasteiger partial charge on any atom is 0.268 e. The average molecular weight is 367 g/mol. The zero-order valence-corrected chi connectivity index (χ0v) is 15.8. The molecule has 0 N–H and O–H groups in total. The number of hydrogen-bond donors (Lipinski definition) is 0. The van der Waals surface area contributed by atoms with Gasteiger partial charge in [0, 0.05) is 24.2 Å². The second-order valence-corrected chi connectivity index (χ2v) is 6.72. The van der Waals surface area contributed by atoms with Crippen LogP contribution < -0.4 is 9.47 Å². The molecule has 1 atom stereocenters. The third-order valence-electron chi connectivity index (χ3n) is 4.81. The van der Waals surface area contributed by atoms with Crippen LogP contribution in [0.4, 0.5) is 0 Å². The second-order valence-electron chi connectivity index (χ2n) is 6.72. The molecule has 1 amide bonds. The Labute approximate surface area is 159 Å². The Bertz CT molecular complexity index is 797. The summed E-state index contributed by atoms with van der Waals surface area (Å²) in [5.74, 6) is 0.791. The first-order valence-electron chi connectivity index (χ1n) is 9.29. The Morgan fingerprint density at radius 1 is 0.963 bits per heavy atom. The zero-order chi connectivity index (χ0) is 19.2. The Hall–Kier alpha value is -2.82. The van der Waals surface area contributed by atoms with Crippen molar-refractivity contribution in [3.8, 4) is 11.5 Å². The third kappa shape index (κ3) is 4.48. The highest BCUT2D eigenvalue weighted by atomic mass is 16.5. The molecule has 1 saturated heterocycles. The lowest BCUT2D eigenvalue weighted by atomic mass is 10.1. The van der Waals surface area contributed by atoms with E-state index in [-0.39, 0.29) is 11.7 Å². The molecule has 2 aromatic carbocycles. The number of rotatable bonds is 6. The van der Waals surface area contributed by atoms with Gasteiger partial charge in [-0.1, -0.05) is 30.3 Å². The van der Waals surface area contributed by atoms with Crippen LogP contribution in [0.5, 0.6) is 11.5 Å². The summed E-state index contributed by atoms with van der Waals surface area (Å²) in [4.78, 5) is 26.7. The van der Waals surface area contributed by atoms with Crippen LogP contribution in [0.25, 0.3) is 0 Å². The van der Waals surface area contributed by atoms with Gasteiger partial charge in [0.25, 0.3) is 5.91 Å². The van der Waals surface area contributed by atoms with Gasteiger partial charge in [-0.15, -0.1) is 0 Å². The molecule has 0 aliphatic carbocycles. The highest BCUT2D eigenvalue weighted by Crippen LogP contribution is 2.33. The lowest BCUT2D eigenvalue weighted by Crippen LogP contribution is -2.40. The molecule has 1 heterocycles. The van der Waals surface area contributed by atoms with E-state index in [1.165, 1.54) is 14.0 Å². The molecule has 0 aromatic heterocycles. The van der Waals surface area contributed by atoms with Crippen molar-refractivity contribution in [2.75, 3.05) is 20.2 Å². The fraction of sp³-hybridized carbons (Fsp3) is 0.364. The predicted octanol–water partition coefficient (Wildman–Crippen LogP) is 4.03. The summed E-state index contributed by atoms with van der Waals surface area (Å²) in [6.07, 6.45) is 2.44. The molecule has 0 unspecified atom stereocenters. The van der Waals surface area contributed by atoms with Crippen LogP contribution in [0.1, 0.15) is 48.2 Å². The van der Waals surface area contributed by atoms with Gasteiger partial charge in [-0.3, -0.25) is 9.59 Å². The van der Waals surface area contributed by atoms with Crippen molar-refractivity contribution in [1.29, 1.82) is 0 Å². The smallest absolute Gasteiger partial charge is 0.268 e. The van der Waals surface area contributed by atoms with Gasteiger partial charge in [-0.25, -0.2) is 0 Å². The van der Waals surface area contributed by atoms with Gasteiger partial charge in [-0.2, -0.15) is 0 Å². The van der Waals surface area contributed by atoms with Crippen LogP contribution in [0.3, 0.4) is 0 Å². The minimum absolute atomic E-state index is 0.0430. The Morgan fingerprint density at radius 3 is 2.30 bits per heavy atom. The molecule has 1 aliphatic rings. The maximum absolute atomic E-state index is 13.2. The number of hydrogen-bond acceptors (Lipinski definition) is 4. The normalized spacial score (nSPS) is 15.1. The summed E-state index contributed by atoms with van der Waals surface area (Å²) in [5, 5.41) is 0. The molecule has 5 nitrogen and oxygen atoms in total. The first kappa shape index (κ1) is 19.0. The lowest BCUT2D eigenvalue weighted by Gasteiger charge is -2.31. The van der Waals surface area contributed by atoms with Crippen LogP contribution in [0.15, 0.2) is 48.5 Å². The van der Waals surface area contributed by atoms with E-state index < -0.39 is 6.10 Å². The minimum Gasteiger partial charge on any atom is -0.493 e. The van der Waals surface area contributed by atoms with E-state index in [9.17, 15) is 9.59 Å². The molecule has 1 aliphatic heterocycles. The molecule has 0 radical (unpaired) electrons. The Kier molecular flexibility index (Phi) is 6.12. The summed E-state index contributed by atoms with van der Waals surface area (Å²) in [5.41, 5.74) is 1.34. The number of carbonyl (C=O) groups is 2. The van der Waals surface area contributed by atoms with E-state index in [2.05, 4.69) is 0 Å². The molecule has 142 valence electrons. The number of Topliss-reactive ketones (excluding diaryl/α,β-unsaturated/α-hetero) is 1. The van der Waals surface area contributed by atoms with Crippen molar-refractivity contribution in [3.63, 3.8) is 0 Å². The van der Waals surface area contributed by atoms with Gasteiger partial charge in [0.1, 0.15) is 0 Å². The highest BCUT2D eigenvalue weighted by molar-refractivity contribution is 5.94. The van der Waals surface area contributed by atoms with Gasteiger partial charge >= 0.3 is 0 Å². The van der Waals surface area contributed by atoms with Gasteiger partial charge < -0.3 is 14.4 Å².